The number of phenolic OH excluding ortho intramolecular Hbond substituents is 1. The van der Waals surface area contributed by atoms with Gasteiger partial charge in [-0.3, -0.25) is 9.79 Å². The second-order valence-electron chi connectivity index (χ2n) is 7.43. The summed E-state index contributed by atoms with van der Waals surface area (Å²) in [6.45, 7) is 8.00. The summed E-state index contributed by atoms with van der Waals surface area (Å²) in [5, 5.41) is 13.9. The number of nitrogens with zero attached hydrogens (tertiary/aromatic N) is 2. The second kappa shape index (κ2) is 10.5. The van der Waals surface area contributed by atoms with E-state index in [4.69, 9.17) is 9.73 Å². The lowest BCUT2D eigenvalue weighted by atomic mass is 10.0. The maximum atomic E-state index is 12.3. The van der Waals surface area contributed by atoms with E-state index in [1.165, 1.54) is 4.90 Å². The van der Waals surface area contributed by atoms with Gasteiger partial charge >= 0.3 is 0 Å². The first kappa shape index (κ1) is 23.0. The third kappa shape index (κ3) is 5.86. The third-order valence-corrected chi connectivity index (χ3v) is 4.62. The molecular formula is C24H31N3O3. The summed E-state index contributed by atoms with van der Waals surface area (Å²) < 4.78 is 5.24. The van der Waals surface area contributed by atoms with Gasteiger partial charge in [-0.1, -0.05) is 37.3 Å². The maximum Gasteiger partial charge on any atom is 0.257 e. The number of aromatic hydroxyl groups is 1. The lowest BCUT2D eigenvalue weighted by Gasteiger charge is -2.18. The zero-order valence-corrected chi connectivity index (χ0v) is 18.4. The Bertz CT molecular complexity index is 918. The number of amides is 1. The molecule has 0 aliphatic rings. The van der Waals surface area contributed by atoms with Crippen LogP contribution in [0.25, 0.3) is 0 Å². The van der Waals surface area contributed by atoms with Crippen molar-refractivity contribution in [3.05, 3.63) is 65.7 Å². The van der Waals surface area contributed by atoms with Gasteiger partial charge in [0.25, 0.3) is 5.91 Å². The van der Waals surface area contributed by atoms with Crippen LogP contribution in [0.2, 0.25) is 0 Å². The molecule has 1 unspecified atom stereocenters. The molecule has 0 heterocycles. The average molecular weight is 410 g/mol. The molecule has 1 atom stereocenters. The Labute approximate surface area is 178 Å². The molecule has 0 fully saturated rings. The number of amidine groups is 1. The molecule has 2 aromatic rings. The summed E-state index contributed by atoms with van der Waals surface area (Å²) in [4.78, 5) is 18.7. The molecule has 1 amide bonds. The monoisotopic (exact) mass is 409 g/mol. The minimum atomic E-state index is -0.265. The van der Waals surface area contributed by atoms with Crippen LogP contribution in [0.1, 0.15) is 48.7 Å². The highest BCUT2D eigenvalue weighted by molar-refractivity contribution is 6.02. The lowest BCUT2D eigenvalue weighted by molar-refractivity contribution is 0.0824. The normalized spacial score (nSPS) is 12.2. The molecule has 0 aliphatic heterocycles. The summed E-state index contributed by atoms with van der Waals surface area (Å²) in [6, 6.07) is 12.8. The van der Waals surface area contributed by atoms with Crippen LogP contribution in [-0.4, -0.2) is 43.0 Å². The van der Waals surface area contributed by atoms with Gasteiger partial charge in [0.05, 0.1) is 24.4 Å². The van der Waals surface area contributed by atoms with Gasteiger partial charge in [0.1, 0.15) is 11.6 Å². The molecule has 30 heavy (non-hydrogen) atoms. The van der Waals surface area contributed by atoms with Crippen molar-refractivity contribution in [3.8, 4) is 11.5 Å². The number of anilines is 1. The summed E-state index contributed by atoms with van der Waals surface area (Å²) in [5.74, 6) is 1.11. The Morgan fingerprint density at radius 3 is 2.43 bits per heavy atom. The Hall–Kier alpha value is -3.28. The number of phenols is 1. The predicted octanol–water partition coefficient (Wildman–Crippen LogP) is 5.03. The smallest absolute Gasteiger partial charge is 0.257 e. The number of methoxy groups -OCH3 is 1. The van der Waals surface area contributed by atoms with Gasteiger partial charge in [0.2, 0.25) is 0 Å². The fourth-order valence-electron chi connectivity index (χ4n) is 3.04. The molecule has 0 aliphatic carbocycles. The zero-order chi connectivity index (χ0) is 22.3. The van der Waals surface area contributed by atoms with Gasteiger partial charge in [-0.2, -0.15) is 0 Å². The molecule has 2 aromatic carbocycles. The molecule has 0 bridgehead atoms. The number of ether oxygens (including phenoxy) is 1. The van der Waals surface area contributed by atoms with E-state index in [0.29, 0.717) is 17.9 Å². The van der Waals surface area contributed by atoms with Crippen LogP contribution in [-0.2, 0) is 0 Å². The van der Waals surface area contributed by atoms with Crippen LogP contribution < -0.4 is 10.1 Å². The molecular weight excluding hydrogens is 378 g/mol. The molecule has 160 valence electrons. The first-order chi connectivity index (χ1) is 14.3. The summed E-state index contributed by atoms with van der Waals surface area (Å²) in [5.41, 5.74) is 2.68. The average Bonchev–Trinajstić information content (AvgIpc) is 2.72. The Kier molecular flexibility index (Phi) is 8.04. The zero-order valence-electron chi connectivity index (χ0n) is 18.4. The van der Waals surface area contributed by atoms with Crippen LogP contribution >= 0.6 is 0 Å². The lowest BCUT2D eigenvalue weighted by Crippen LogP contribution is -2.22. The first-order valence-corrected chi connectivity index (χ1v) is 9.92. The van der Waals surface area contributed by atoms with Crippen LogP contribution in [0.15, 0.2) is 59.6 Å². The van der Waals surface area contributed by atoms with Gasteiger partial charge in [0, 0.05) is 20.5 Å². The number of carbonyl (C=O) groups is 1. The van der Waals surface area contributed by atoms with Gasteiger partial charge in [-0.15, -0.1) is 0 Å². The maximum absolute atomic E-state index is 12.3. The van der Waals surface area contributed by atoms with Crippen molar-refractivity contribution >= 4 is 17.4 Å². The number of hydrogen-bond acceptors (Lipinski definition) is 4. The minimum absolute atomic E-state index is 0.0634. The van der Waals surface area contributed by atoms with Crippen molar-refractivity contribution in [2.24, 2.45) is 4.99 Å². The largest absolute Gasteiger partial charge is 0.505 e. The molecule has 0 saturated carbocycles. The molecule has 0 aromatic heterocycles. The van der Waals surface area contributed by atoms with Crippen molar-refractivity contribution in [1.82, 2.24) is 4.90 Å². The highest BCUT2D eigenvalue weighted by Gasteiger charge is 2.17. The summed E-state index contributed by atoms with van der Waals surface area (Å²) in [6.07, 6.45) is 1.33. The third-order valence-electron chi connectivity index (χ3n) is 4.62. The highest BCUT2D eigenvalue weighted by atomic mass is 16.5. The number of para-hydroxylation sites is 1. The molecule has 0 radical (unpaired) electrons. The van der Waals surface area contributed by atoms with Gasteiger partial charge in [0.15, 0.2) is 5.75 Å². The van der Waals surface area contributed by atoms with Crippen molar-refractivity contribution in [3.63, 3.8) is 0 Å². The Morgan fingerprint density at radius 2 is 1.90 bits per heavy atom. The molecule has 2 rings (SSSR count). The predicted molar refractivity (Wildman–Crippen MR) is 123 cm³/mol. The molecule has 0 saturated heterocycles. The van der Waals surface area contributed by atoms with Gasteiger partial charge in [-0.05, 0) is 43.2 Å². The van der Waals surface area contributed by atoms with E-state index in [9.17, 15) is 9.90 Å². The molecule has 6 heteroatoms. The van der Waals surface area contributed by atoms with E-state index in [-0.39, 0.29) is 23.3 Å². The van der Waals surface area contributed by atoms with Crippen LogP contribution in [0.3, 0.4) is 0 Å². The topological polar surface area (TPSA) is 74.2 Å². The molecule has 2 N–H and O–H groups in total. The second-order valence-corrected chi connectivity index (χ2v) is 7.43. The molecule has 0 spiro atoms. The Morgan fingerprint density at radius 1 is 1.23 bits per heavy atom. The van der Waals surface area contributed by atoms with E-state index in [0.717, 1.165) is 23.3 Å². The van der Waals surface area contributed by atoms with E-state index >= 15 is 0 Å². The Balaban J connectivity index is 2.38. The van der Waals surface area contributed by atoms with Crippen LogP contribution in [0.5, 0.6) is 11.5 Å². The minimum Gasteiger partial charge on any atom is -0.505 e. The van der Waals surface area contributed by atoms with Crippen LogP contribution in [0, 0.1) is 0 Å². The van der Waals surface area contributed by atoms with Crippen LogP contribution in [0.4, 0.5) is 5.69 Å². The van der Waals surface area contributed by atoms with Crippen molar-refractivity contribution < 1.29 is 14.6 Å². The van der Waals surface area contributed by atoms with Gasteiger partial charge in [-0.25, -0.2) is 0 Å². The van der Waals surface area contributed by atoms with E-state index in [1.54, 1.807) is 39.4 Å². The van der Waals surface area contributed by atoms with E-state index in [1.807, 2.05) is 31.2 Å². The van der Waals surface area contributed by atoms with Crippen molar-refractivity contribution in [2.45, 2.75) is 32.7 Å². The number of carbonyl (C=O) groups excluding carboxylic acids is 1. The number of rotatable bonds is 8. The van der Waals surface area contributed by atoms with Crippen molar-refractivity contribution in [1.29, 1.82) is 0 Å². The molecule has 6 nitrogen and oxygen atoms in total. The fraction of sp³-hybridized carbons (Fsp3) is 0.333. The van der Waals surface area contributed by atoms with E-state index in [2.05, 4.69) is 18.8 Å². The quantitative estimate of drug-likeness (QED) is 0.278. The number of nitrogens with one attached hydrogen (secondary N) is 1. The summed E-state index contributed by atoms with van der Waals surface area (Å²) in [7, 11) is 4.94. The number of hydrogen-bond donors (Lipinski definition) is 2. The summed E-state index contributed by atoms with van der Waals surface area (Å²) >= 11 is 0. The highest BCUT2D eigenvalue weighted by Crippen LogP contribution is 2.30. The number of aliphatic imine (C=N–C) groups is 1. The van der Waals surface area contributed by atoms with Gasteiger partial charge < -0.3 is 20.1 Å². The van der Waals surface area contributed by atoms with Crippen molar-refractivity contribution in [2.75, 3.05) is 26.5 Å². The SMILES string of the molecule is C=C(C)CC(=NC(CC)c1ccc(OC)cc1)Nc1cccc(C(=O)N(C)C)c1O. The fourth-order valence-corrected chi connectivity index (χ4v) is 3.04. The number of benzene rings is 2. The first-order valence-electron chi connectivity index (χ1n) is 9.92. The van der Waals surface area contributed by atoms with E-state index < -0.39 is 0 Å². The standard InChI is InChI=1S/C24H31N3O3/c1-7-20(17-11-13-18(30-6)14-12-17)25-22(15-16(2)3)26-21-10-8-9-19(23(21)28)24(29)27(4)5/h8-14,20,28H,2,7,15H2,1,3-6H3,(H,25,26).